The van der Waals surface area contributed by atoms with E-state index in [-0.39, 0.29) is 12.5 Å². The summed E-state index contributed by atoms with van der Waals surface area (Å²) < 4.78 is 0. The van der Waals surface area contributed by atoms with Gasteiger partial charge in [-0.05, 0) is 56.7 Å². The maximum atomic E-state index is 12.1. The molecule has 0 radical (unpaired) electrons. The summed E-state index contributed by atoms with van der Waals surface area (Å²) in [6.07, 6.45) is 1.75. The molecule has 1 aromatic carbocycles. The number of hydrogen-bond donors (Lipinski definition) is 2. The van der Waals surface area contributed by atoms with Gasteiger partial charge in [-0.2, -0.15) is 0 Å². The zero-order valence-corrected chi connectivity index (χ0v) is 14.7. The molecule has 24 heavy (non-hydrogen) atoms. The lowest BCUT2D eigenvalue weighted by atomic mass is 10.1. The molecule has 0 saturated heterocycles. The van der Waals surface area contributed by atoms with E-state index in [1.165, 1.54) is 5.69 Å². The molecule has 2 N–H and O–H groups in total. The molecular formula is C19H26N4O. The molecule has 0 saturated carbocycles. The molecule has 0 atom stereocenters. The second kappa shape index (κ2) is 9.03. The fraction of sp³-hybridized carbons (Fsp3) is 0.368. The standard InChI is InChI=1S/C19H26N4O/c1-4-23(5-2)17-9-10-18(15(3)12-17)22-19(24)14-20-13-16-8-6-7-11-21-16/h6-12,20H,4-5,13-14H2,1-3H3,(H,22,24). The molecule has 0 aliphatic rings. The summed E-state index contributed by atoms with van der Waals surface area (Å²) >= 11 is 0. The van der Waals surface area contributed by atoms with Crippen LogP contribution in [0, 0.1) is 6.92 Å². The molecule has 5 nitrogen and oxygen atoms in total. The second-order valence-corrected chi connectivity index (χ2v) is 5.64. The Morgan fingerprint density at radius 3 is 2.58 bits per heavy atom. The zero-order chi connectivity index (χ0) is 17.4. The molecule has 0 aliphatic carbocycles. The van der Waals surface area contributed by atoms with Gasteiger partial charge in [0.1, 0.15) is 0 Å². The third kappa shape index (κ3) is 5.06. The Bertz CT molecular complexity index is 654. The number of carbonyl (C=O) groups excluding carboxylic acids is 1. The van der Waals surface area contributed by atoms with Crippen LogP contribution in [0.3, 0.4) is 0 Å². The van der Waals surface area contributed by atoms with Gasteiger partial charge < -0.3 is 15.5 Å². The minimum absolute atomic E-state index is 0.0513. The van der Waals surface area contributed by atoms with Gasteiger partial charge in [-0.1, -0.05) is 6.07 Å². The smallest absolute Gasteiger partial charge is 0.238 e. The number of anilines is 2. The zero-order valence-electron chi connectivity index (χ0n) is 14.7. The molecule has 1 aromatic heterocycles. The summed E-state index contributed by atoms with van der Waals surface area (Å²) in [4.78, 5) is 18.6. The largest absolute Gasteiger partial charge is 0.372 e. The van der Waals surface area contributed by atoms with E-state index in [9.17, 15) is 4.79 Å². The lowest BCUT2D eigenvalue weighted by molar-refractivity contribution is -0.115. The molecule has 0 spiro atoms. The van der Waals surface area contributed by atoms with Gasteiger partial charge in [0.2, 0.25) is 5.91 Å². The minimum Gasteiger partial charge on any atom is -0.372 e. The Balaban J connectivity index is 1.87. The first-order valence-electron chi connectivity index (χ1n) is 8.40. The van der Waals surface area contributed by atoms with E-state index in [1.54, 1.807) is 6.20 Å². The molecular weight excluding hydrogens is 300 g/mol. The van der Waals surface area contributed by atoms with Crippen molar-refractivity contribution in [3.05, 3.63) is 53.9 Å². The first kappa shape index (κ1) is 17.9. The summed E-state index contributed by atoms with van der Waals surface area (Å²) in [6.45, 7) is 9.08. The lowest BCUT2D eigenvalue weighted by Crippen LogP contribution is -2.28. The number of aryl methyl sites for hydroxylation is 1. The number of nitrogens with one attached hydrogen (secondary N) is 2. The van der Waals surface area contributed by atoms with Crippen LogP contribution in [-0.4, -0.2) is 30.5 Å². The average Bonchev–Trinajstić information content (AvgIpc) is 2.59. The highest BCUT2D eigenvalue weighted by atomic mass is 16.1. The Kier molecular flexibility index (Phi) is 6.75. The highest BCUT2D eigenvalue weighted by molar-refractivity contribution is 5.93. The van der Waals surface area contributed by atoms with E-state index in [2.05, 4.69) is 46.5 Å². The normalized spacial score (nSPS) is 10.5. The van der Waals surface area contributed by atoms with Gasteiger partial charge in [0, 0.05) is 37.2 Å². The van der Waals surface area contributed by atoms with Crippen molar-refractivity contribution >= 4 is 17.3 Å². The van der Waals surface area contributed by atoms with Crippen LogP contribution >= 0.6 is 0 Å². The molecule has 5 heteroatoms. The minimum atomic E-state index is -0.0513. The lowest BCUT2D eigenvalue weighted by Gasteiger charge is -2.22. The van der Waals surface area contributed by atoms with Gasteiger partial charge in [0.15, 0.2) is 0 Å². The van der Waals surface area contributed by atoms with Crippen molar-refractivity contribution < 1.29 is 4.79 Å². The molecule has 2 rings (SSSR count). The first-order chi connectivity index (χ1) is 11.6. The highest BCUT2D eigenvalue weighted by Crippen LogP contribution is 2.22. The molecule has 1 heterocycles. The Hall–Kier alpha value is -2.40. The van der Waals surface area contributed by atoms with E-state index in [1.807, 2.05) is 31.2 Å². The number of amides is 1. The number of benzene rings is 1. The van der Waals surface area contributed by atoms with E-state index < -0.39 is 0 Å². The van der Waals surface area contributed by atoms with Gasteiger partial charge in [0.05, 0.1) is 12.2 Å². The SMILES string of the molecule is CCN(CC)c1ccc(NC(=O)CNCc2ccccn2)c(C)c1. The van der Waals surface area contributed by atoms with Crippen LogP contribution in [0.15, 0.2) is 42.6 Å². The van der Waals surface area contributed by atoms with Crippen molar-refractivity contribution in [2.24, 2.45) is 0 Å². The fourth-order valence-electron chi connectivity index (χ4n) is 2.57. The fourth-order valence-corrected chi connectivity index (χ4v) is 2.57. The van der Waals surface area contributed by atoms with Crippen LogP contribution in [0.4, 0.5) is 11.4 Å². The van der Waals surface area contributed by atoms with Crippen LogP contribution in [0.1, 0.15) is 25.1 Å². The van der Waals surface area contributed by atoms with Gasteiger partial charge in [-0.15, -0.1) is 0 Å². The van der Waals surface area contributed by atoms with Gasteiger partial charge in [-0.25, -0.2) is 0 Å². The Morgan fingerprint density at radius 1 is 1.17 bits per heavy atom. The Morgan fingerprint density at radius 2 is 1.96 bits per heavy atom. The van der Waals surface area contributed by atoms with Crippen LogP contribution < -0.4 is 15.5 Å². The maximum Gasteiger partial charge on any atom is 0.238 e. The van der Waals surface area contributed by atoms with Gasteiger partial charge in [0.25, 0.3) is 0 Å². The number of aromatic nitrogens is 1. The quantitative estimate of drug-likeness (QED) is 0.783. The highest BCUT2D eigenvalue weighted by Gasteiger charge is 2.08. The van der Waals surface area contributed by atoms with Crippen molar-refractivity contribution in [2.75, 3.05) is 29.9 Å². The number of pyridine rings is 1. The van der Waals surface area contributed by atoms with Crippen LogP contribution in [0.25, 0.3) is 0 Å². The number of hydrogen-bond acceptors (Lipinski definition) is 4. The summed E-state index contributed by atoms with van der Waals surface area (Å²) in [7, 11) is 0. The molecule has 0 unspecified atom stereocenters. The molecule has 0 bridgehead atoms. The summed E-state index contributed by atoms with van der Waals surface area (Å²) in [5.74, 6) is -0.0513. The summed E-state index contributed by atoms with van der Waals surface area (Å²) in [5.41, 5.74) is 4.03. The molecule has 128 valence electrons. The van der Waals surface area contributed by atoms with Crippen molar-refractivity contribution in [3.63, 3.8) is 0 Å². The van der Waals surface area contributed by atoms with Crippen molar-refractivity contribution in [3.8, 4) is 0 Å². The topological polar surface area (TPSA) is 57.3 Å². The predicted molar refractivity (Wildman–Crippen MR) is 99.3 cm³/mol. The molecule has 0 fully saturated rings. The Labute approximate surface area is 144 Å². The van der Waals surface area contributed by atoms with E-state index in [0.717, 1.165) is 30.0 Å². The van der Waals surface area contributed by atoms with Crippen LogP contribution in [-0.2, 0) is 11.3 Å². The van der Waals surface area contributed by atoms with Crippen LogP contribution in [0.2, 0.25) is 0 Å². The molecule has 1 amide bonds. The van der Waals surface area contributed by atoms with Crippen molar-refractivity contribution in [1.29, 1.82) is 0 Å². The van der Waals surface area contributed by atoms with E-state index in [4.69, 9.17) is 0 Å². The summed E-state index contributed by atoms with van der Waals surface area (Å²) in [6, 6.07) is 11.9. The molecule has 0 aliphatic heterocycles. The number of nitrogens with zero attached hydrogens (tertiary/aromatic N) is 2. The van der Waals surface area contributed by atoms with E-state index in [0.29, 0.717) is 6.54 Å². The number of carbonyl (C=O) groups is 1. The predicted octanol–water partition coefficient (Wildman–Crippen LogP) is 2.96. The monoisotopic (exact) mass is 326 g/mol. The van der Waals surface area contributed by atoms with Gasteiger partial charge >= 0.3 is 0 Å². The molecule has 2 aromatic rings. The van der Waals surface area contributed by atoms with Gasteiger partial charge in [-0.3, -0.25) is 9.78 Å². The first-order valence-corrected chi connectivity index (χ1v) is 8.40. The average molecular weight is 326 g/mol. The van der Waals surface area contributed by atoms with Crippen molar-refractivity contribution in [1.82, 2.24) is 10.3 Å². The third-order valence-electron chi connectivity index (χ3n) is 3.93. The maximum absolute atomic E-state index is 12.1. The summed E-state index contributed by atoms with van der Waals surface area (Å²) in [5, 5.41) is 6.06. The number of rotatable bonds is 8. The second-order valence-electron chi connectivity index (χ2n) is 5.64. The third-order valence-corrected chi connectivity index (χ3v) is 3.93. The van der Waals surface area contributed by atoms with E-state index >= 15 is 0 Å². The van der Waals surface area contributed by atoms with Crippen LogP contribution in [0.5, 0.6) is 0 Å². The van der Waals surface area contributed by atoms with Crippen molar-refractivity contribution in [2.45, 2.75) is 27.3 Å².